The van der Waals surface area contributed by atoms with Gasteiger partial charge < -0.3 is 9.73 Å². The molecule has 0 fully saturated rings. The highest BCUT2D eigenvalue weighted by molar-refractivity contribution is 5.93. The van der Waals surface area contributed by atoms with Crippen molar-refractivity contribution in [3.05, 3.63) is 65.7 Å². The van der Waals surface area contributed by atoms with Crippen LogP contribution in [0.5, 0.6) is 0 Å². The molecule has 2 N–H and O–H groups in total. The summed E-state index contributed by atoms with van der Waals surface area (Å²) >= 11 is 0. The number of aromatic amines is 1. The summed E-state index contributed by atoms with van der Waals surface area (Å²) in [6.45, 7) is 2.27. The number of benzene rings is 2. The zero-order chi connectivity index (χ0) is 19.1. The minimum absolute atomic E-state index is 0.203. The molecule has 0 bridgehead atoms. The molecular formula is C22H19N5O. The summed E-state index contributed by atoms with van der Waals surface area (Å²) in [7, 11) is 0. The average Bonchev–Trinajstić information content (AvgIpc) is 3.39. The Balaban J connectivity index is 1.52. The van der Waals surface area contributed by atoms with Gasteiger partial charge in [0.1, 0.15) is 5.69 Å². The molecule has 0 saturated carbocycles. The lowest BCUT2D eigenvalue weighted by Crippen LogP contribution is -2.25. The van der Waals surface area contributed by atoms with E-state index in [0.717, 1.165) is 40.7 Å². The van der Waals surface area contributed by atoms with E-state index in [9.17, 15) is 5.26 Å². The molecule has 2 heterocycles. The van der Waals surface area contributed by atoms with Gasteiger partial charge in [0.05, 0.1) is 29.4 Å². The van der Waals surface area contributed by atoms with Crippen LogP contribution in [0.25, 0.3) is 22.4 Å². The third-order valence-electron chi connectivity index (χ3n) is 5.60. The SMILES string of the molecule is C[C@H]1CCc2cc(C#N)ccc2[C@@H]1Nc1ccc2[nH]nc(-c3cnco3)c2c1. The Labute approximate surface area is 162 Å². The standard InChI is InChI=1S/C22H19N5O/c1-13-2-4-15-8-14(10-23)3-6-17(15)21(13)25-16-5-7-19-18(9-16)22(27-26-19)20-11-24-12-28-20/h3,5-9,11-13,21,25H,2,4H2,1H3,(H,26,27)/t13-,21+/m0/s1. The van der Waals surface area contributed by atoms with Crippen molar-refractivity contribution < 1.29 is 4.42 Å². The molecule has 2 atom stereocenters. The number of nitrogens with zero attached hydrogens (tertiary/aromatic N) is 3. The predicted octanol–water partition coefficient (Wildman–Crippen LogP) is 4.83. The molecule has 1 aliphatic carbocycles. The molecular weight excluding hydrogens is 350 g/mol. The third-order valence-corrected chi connectivity index (χ3v) is 5.60. The van der Waals surface area contributed by atoms with E-state index in [1.54, 1.807) is 6.20 Å². The molecule has 2 aromatic heterocycles. The van der Waals surface area contributed by atoms with Crippen molar-refractivity contribution in [1.29, 1.82) is 5.26 Å². The van der Waals surface area contributed by atoms with E-state index in [0.29, 0.717) is 11.7 Å². The number of nitriles is 1. The number of hydrogen-bond donors (Lipinski definition) is 2. The largest absolute Gasteiger partial charge is 0.442 e. The molecule has 2 aromatic carbocycles. The molecule has 0 unspecified atom stereocenters. The molecule has 0 radical (unpaired) electrons. The summed E-state index contributed by atoms with van der Waals surface area (Å²) in [5.41, 5.74) is 6.01. The van der Waals surface area contributed by atoms with Gasteiger partial charge in [0.2, 0.25) is 0 Å². The first-order chi connectivity index (χ1) is 13.7. The average molecular weight is 369 g/mol. The lowest BCUT2D eigenvalue weighted by Gasteiger charge is -2.33. The van der Waals surface area contributed by atoms with Crippen molar-refractivity contribution in [3.63, 3.8) is 0 Å². The number of nitrogens with one attached hydrogen (secondary N) is 2. The number of rotatable bonds is 3. The Morgan fingerprint density at radius 1 is 1.25 bits per heavy atom. The molecule has 0 amide bonds. The van der Waals surface area contributed by atoms with Crippen LogP contribution in [0.1, 0.15) is 36.1 Å². The van der Waals surface area contributed by atoms with Crippen LogP contribution in [0, 0.1) is 17.2 Å². The third kappa shape index (κ3) is 2.72. The quantitative estimate of drug-likeness (QED) is 0.540. The van der Waals surface area contributed by atoms with Gasteiger partial charge in [-0.15, -0.1) is 0 Å². The fourth-order valence-corrected chi connectivity index (χ4v) is 4.08. The molecule has 5 rings (SSSR count). The van der Waals surface area contributed by atoms with Crippen LogP contribution in [-0.4, -0.2) is 15.2 Å². The van der Waals surface area contributed by atoms with Crippen LogP contribution in [-0.2, 0) is 6.42 Å². The first kappa shape index (κ1) is 16.6. The fourth-order valence-electron chi connectivity index (χ4n) is 4.08. The molecule has 138 valence electrons. The van der Waals surface area contributed by atoms with Gasteiger partial charge in [-0.25, -0.2) is 4.98 Å². The number of fused-ring (bicyclic) bond motifs is 2. The molecule has 28 heavy (non-hydrogen) atoms. The number of H-pyrrole nitrogens is 1. The Bertz CT molecular complexity index is 1190. The Morgan fingerprint density at radius 3 is 3.00 bits per heavy atom. The summed E-state index contributed by atoms with van der Waals surface area (Å²) in [6.07, 6.45) is 5.19. The summed E-state index contributed by atoms with van der Waals surface area (Å²) in [6, 6.07) is 14.7. The van der Waals surface area contributed by atoms with Crippen LogP contribution in [0.3, 0.4) is 0 Å². The summed E-state index contributed by atoms with van der Waals surface area (Å²) in [5, 5.41) is 21.3. The maximum Gasteiger partial charge on any atom is 0.181 e. The van der Waals surface area contributed by atoms with E-state index in [1.165, 1.54) is 17.5 Å². The van der Waals surface area contributed by atoms with Gasteiger partial charge in [-0.05, 0) is 60.2 Å². The fraction of sp³-hybridized carbons (Fsp3) is 0.227. The van der Waals surface area contributed by atoms with Gasteiger partial charge >= 0.3 is 0 Å². The van der Waals surface area contributed by atoms with Crippen LogP contribution in [0.15, 0.2) is 53.4 Å². The summed E-state index contributed by atoms with van der Waals surface area (Å²) in [4.78, 5) is 3.99. The highest BCUT2D eigenvalue weighted by atomic mass is 16.3. The first-order valence-electron chi connectivity index (χ1n) is 9.39. The van der Waals surface area contributed by atoms with Crippen molar-refractivity contribution in [1.82, 2.24) is 15.2 Å². The minimum atomic E-state index is 0.203. The Hall–Kier alpha value is -3.59. The molecule has 1 aliphatic rings. The van der Waals surface area contributed by atoms with E-state index in [1.807, 2.05) is 18.2 Å². The monoisotopic (exact) mass is 369 g/mol. The van der Waals surface area contributed by atoms with E-state index >= 15 is 0 Å². The second-order valence-electron chi connectivity index (χ2n) is 7.36. The second-order valence-corrected chi connectivity index (χ2v) is 7.36. The zero-order valence-electron chi connectivity index (χ0n) is 15.4. The van der Waals surface area contributed by atoms with E-state index in [4.69, 9.17) is 4.42 Å². The first-order valence-corrected chi connectivity index (χ1v) is 9.39. The Kier molecular flexibility index (Phi) is 3.87. The van der Waals surface area contributed by atoms with Gasteiger partial charge in [-0.3, -0.25) is 5.10 Å². The molecule has 0 saturated heterocycles. The zero-order valence-corrected chi connectivity index (χ0v) is 15.4. The van der Waals surface area contributed by atoms with Crippen molar-refractivity contribution >= 4 is 16.6 Å². The molecule has 0 spiro atoms. The number of anilines is 1. The highest BCUT2D eigenvalue weighted by Gasteiger charge is 2.27. The normalized spacial score (nSPS) is 18.6. The van der Waals surface area contributed by atoms with Gasteiger partial charge in [0.15, 0.2) is 12.2 Å². The maximum absolute atomic E-state index is 9.19. The number of oxazole rings is 1. The van der Waals surface area contributed by atoms with Crippen LogP contribution >= 0.6 is 0 Å². The lowest BCUT2D eigenvalue weighted by atomic mass is 9.80. The van der Waals surface area contributed by atoms with Gasteiger partial charge in [0.25, 0.3) is 0 Å². The number of aryl methyl sites for hydroxylation is 1. The maximum atomic E-state index is 9.19. The molecule has 6 heteroatoms. The number of hydrogen-bond acceptors (Lipinski definition) is 5. The van der Waals surface area contributed by atoms with Gasteiger partial charge in [0, 0.05) is 11.1 Å². The summed E-state index contributed by atoms with van der Waals surface area (Å²) in [5.74, 6) is 1.14. The van der Waals surface area contributed by atoms with Crippen molar-refractivity contribution in [3.8, 4) is 17.5 Å². The van der Waals surface area contributed by atoms with E-state index in [2.05, 4.69) is 51.7 Å². The van der Waals surface area contributed by atoms with Crippen LogP contribution < -0.4 is 5.32 Å². The van der Waals surface area contributed by atoms with Gasteiger partial charge in [-0.2, -0.15) is 10.4 Å². The van der Waals surface area contributed by atoms with E-state index < -0.39 is 0 Å². The van der Waals surface area contributed by atoms with Crippen molar-refractivity contribution in [2.45, 2.75) is 25.8 Å². The summed E-state index contributed by atoms with van der Waals surface area (Å²) < 4.78 is 5.42. The highest BCUT2D eigenvalue weighted by Crippen LogP contribution is 2.38. The van der Waals surface area contributed by atoms with E-state index in [-0.39, 0.29) is 6.04 Å². The molecule has 0 aliphatic heterocycles. The lowest BCUT2D eigenvalue weighted by molar-refractivity contribution is 0.434. The molecule has 4 aromatic rings. The van der Waals surface area contributed by atoms with Gasteiger partial charge in [-0.1, -0.05) is 13.0 Å². The second kappa shape index (κ2) is 6.54. The molecule has 6 nitrogen and oxygen atoms in total. The van der Waals surface area contributed by atoms with Crippen LogP contribution in [0.4, 0.5) is 5.69 Å². The van der Waals surface area contributed by atoms with Crippen LogP contribution in [0.2, 0.25) is 0 Å². The smallest absolute Gasteiger partial charge is 0.181 e. The Morgan fingerprint density at radius 2 is 2.18 bits per heavy atom. The van der Waals surface area contributed by atoms with Crippen molar-refractivity contribution in [2.75, 3.05) is 5.32 Å². The predicted molar refractivity (Wildman–Crippen MR) is 107 cm³/mol. The minimum Gasteiger partial charge on any atom is -0.442 e. The number of aromatic nitrogens is 3. The topological polar surface area (TPSA) is 90.5 Å². The van der Waals surface area contributed by atoms with Crippen molar-refractivity contribution in [2.24, 2.45) is 5.92 Å².